The SMILES string of the molecule is COC(=O)C[C@@H](c1ccc(OC(C)C)c(OC)c1)c1oc(CN2C[C@H]3C[C@@H](C2)c2cccc(=O)n2C3)cc(=O)c1O. The Kier molecular flexibility index (Phi) is 8.21. The molecule has 10 nitrogen and oxygen atoms in total. The molecule has 0 spiro atoms. The van der Waals surface area contributed by atoms with Gasteiger partial charge in [0.1, 0.15) is 5.76 Å². The number of carbonyl (C=O) groups excluding carboxylic acids is 1. The third-order valence-electron chi connectivity index (χ3n) is 7.80. The highest BCUT2D eigenvalue weighted by atomic mass is 16.5. The van der Waals surface area contributed by atoms with E-state index < -0.39 is 23.1 Å². The standard InChI is InChI=1S/C31H36N2O8/c1-18(2)40-26-9-8-20(11-27(26)38-3)23(13-29(36)39-4)31-30(37)25(34)12-22(41-31)17-32-14-19-10-21(16-32)24-6-5-7-28(35)33(24)15-19/h5-9,11-12,18-19,21,23,37H,10,13-17H2,1-4H3/t19-,21+,23+/m1/s1. The average molecular weight is 565 g/mol. The smallest absolute Gasteiger partial charge is 0.306 e. The van der Waals surface area contributed by atoms with Gasteiger partial charge in [0.2, 0.25) is 11.2 Å². The fourth-order valence-corrected chi connectivity index (χ4v) is 6.08. The molecule has 1 fully saturated rings. The molecule has 0 saturated carbocycles. The highest BCUT2D eigenvalue weighted by Gasteiger charge is 2.35. The highest BCUT2D eigenvalue weighted by molar-refractivity contribution is 5.71. The van der Waals surface area contributed by atoms with Gasteiger partial charge in [-0.3, -0.25) is 19.3 Å². The number of methoxy groups -OCH3 is 2. The lowest BCUT2D eigenvalue weighted by Crippen LogP contribution is -2.46. The summed E-state index contributed by atoms with van der Waals surface area (Å²) in [7, 11) is 2.80. The van der Waals surface area contributed by atoms with Crippen LogP contribution in [0.3, 0.4) is 0 Å². The fraction of sp³-hybridized carbons (Fsp3) is 0.452. The number of nitrogens with zero attached hydrogens (tertiary/aromatic N) is 2. The first kappa shape index (κ1) is 28.5. The summed E-state index contributed by atoms with van der Waals surface area (Å²) in [5.74, 6) is -0.0283. The molecule has 2 aliphatic heterocycles. The zero-order valence-electron chi connectivity index (χ0n) is 23.8. The summed E-state index contributed by atoms with van der Waals surface area (Å²) in [4.78, 5) is 40.0. The van der Waals surface area contributed by atoms with Crippen LogP contribution in [-0.4, -0.2) is 54.0 Å². The maximum absolute atomic E-state index is 13.0. The van der Waals surface area contributed by atoms with Gasteiger partial charge in [0.25, 0.3) is 5.56 Å². The van der Waals surface area contributed by atoms with Crippen molar-refractivity contribution >= 4 is 5.97 Å². The molecule has 0 amide bonds. The summed E-state index contributed by atoms with van der Waals surface area (Å²) in [5.41, 5.74) is 1.06. The van der Waals surface area contributed by atoms with Gasteiger partial charge in [-0.1, -0.05) is 12.1 Å². The number of piperidine rings is 1. The number of hydrogen-bond acceptors (Lipinski definition) is 9. The first-order chi connectivity index (χ1) is 19.7. The molecule has 1 aromatic carbocycles. The lowest BCUT2D eigenvalue weighted by atomic mass is 9.83. The number of carbonyl (C=O) groups is 1. The van der Waals surface area contributed by atoms with Crippen LogP contribution in [-0.2, 0) is 22.6 Å². The van der Waals surface area contributed by atoms with Crippen molar-refractivity contribution in [2.24, 2.45) is 5.92 Å². The number of esters is 1. The van der Waals surface area contributed by atoms with Crippen LogP contribution in [0.1, 0.15) is 61.3 Å². The Morgan fingerprint density at radius 1 is 1.07 bits per heavy atom. The van der Waals surface area contributed by atoms with Crippen LogP contribution >= 0.6 is 0 Å². The van der Waals surface area contributed by atoms with Crippen molar-refractivity contribution in [2.75, 3.05) is 27.3 Å². The van der Waals surface area contributed by atoms with Crippen LogP contribution in [0.5, 0.6) is 17.2 Å². The van der Waals surface area contributed by atoms with Gasteiger partial charge in [-0.15, -0.1) is 0 Å². The third kappa shape index (κ3) is 6.02. The molecular weight excluding hydrogens is 528 g/mol. The number of fused-ring (bicyclic) bond motifs is 4. The van der Waals surface area contributed by atoms with Crippen molar-refractivity contribution in [3.8, 4) is 17.2 Å². The lowest BCUT2D eigenvalue weighted by molar-refractivity contribution is -0.140. The van der Waals surface area contributed by atoms with Crippen LogP contribution in [0.25, 0.3) is 0 Å². The Hall–Kier alpha value is -4.05. The topological polar surface area (TPSA) is 120 Å². The first-order valence-electron chi connectivity index (χ1n) is 13.9. The van der Waals surface area contributed by atoms with E-state index >= 15 is 0 Å². The fourth-order valence-electron chi connectivity index (χ4n) is 6.08. The number of aromatic nitrogens is 1. The third-order valence-corrected chi connectivity index (χ3v) is 7.80. The van der Waals surface area contributed by atoms with E-state index in [-0.39, 0.29) is 29.8 Å². The van der Waals surface area contributed by atoms with E-state index in [0.717, 1.165) is 18.7 Å². The molecule has 1 saturated heterocycles. The van der Waals surface area contributed by atoms with Crippen molar-refractivity contribution in [3.05, 3.63) is 85.8 Å². The molecule has 41 heavy (non-hydrogen) atoms. The summed E-state index contributed by atoms with van der Waals surface area (Å²) in [6.07, 6.45) is 0.760. The van der Waals surface area contributed by atoms with E-state index in [1.54, 1.807) is 30.3 Å². The minimum Gasteiger partial charge on any atom is -0.502 e. The molecule has 5 rings (SSSR count). The van der Waals surface area contributed by atoms with Crippen molar-refractivity contribution in [1.29, 1.82) is 0 Å². The van der Waals surface area contributed by atoms with Crippen molar-refractivity contribution in [1.82, 2.24) is 9.47 Å². The molecule has 0 unspecified atom stereocenters. The number of likely N-dealkylation sites (tertiary alicyclic amines) is 1. The van der Waals surface area contributed by atoms with Gasteiger partial charge in [0, 0.05) is 43.4 Å². The Balaban J connectivity index is 1.47. The number of rotatable bonds is 9. The second kappa shape index (κ2) is 11.8. The van der Waals surface area contributed by atoms with Crippen LogP contribution in [0, 0.1) is 5.92 Å². The van der Waals surface area contributed by atoms with E-state index in [2.05, 4.69) is 4.90 Å². The van der Waals surface area contributed by atoms with E-state index in [9.17, 15) is 19.5 Å². The Morgan fingerprint density at radius 2 is 1.88 bits per heavy atom. The molecule has 4 heterocycles. The maximum atomic E-state index is 13.0. The molecule has 3 atom stereocenters. The Bertz CT molecular complexity index is 1540. The Morgan fingerprint density at radius 3 is 2.61 bits per heavy atom. The number of benzene rings is 1. The summed E-state index contributed by atoms with van der Waals surface area (Å²) in [6, 6.07) is 11.9. The maximum Gasteiger partial charge on any atom is 0.306 e. The second-order valence-corrected chi connectivity index (χ2v) is 11.1. The van der Waals surface area contributed by atoms with Crippen LogP contribution in [0.15, 0.2) is 56.5 Å². The second-order valence-electron chi connectivity index (χ2n) is 11.1. The predicted molar refractivity (Wildman–Crippen MR) is 151 cm³/mol. The minimum atomic E-state index is -0.809. The predicted octanol–water partition coefficient (Wildman–Crippen LogP) is 3.62. The molecular formula is C31H36N2O8. The molecule has 0 aliphatic carbocycles. The van der Waals surface area contributed by atoms with Gasteiger partial charge in [-0.25, -0.2) is 0 Å². The summed E-state index contributed by atoms with van der Waals surface area (Å²) in [5, 5.41) is 10.9. The monoisotopic (exact) mass is 564 g/mol. The highest BCUT2D eigenvalue weighted by Crippen LogP contribution is 2.39. The zero-order valence-corrected chi connectivity index (χ0v) is 23.8. The van der Waals surface area contributed by atoms with Crippen molar-refractivity contribution in [2.45, 2.75) is 57.7 Å². The van der Waals surface area contributed by atoms with Gasteiger partial charge in [0.15, 0.2) is 17.3 Å². The first-order valence-corrected chi connectivity index (χ1v) is 13.9. The van der Waals surface area contributed by atoms with Gasteiger partial charge < -0.3 is 28.3 Å². The molecule has 2 aliphatic rings. The summed E-state index contributed by atoms with van der Waals surface area (Å²) in [6.45, 7) is 6.27. The lowest BCUT2D eigenvalue weighted by Gasteiger charge is -2.42. The van der Waals surface area contributed by atoms with E-state index in [1.165, 1.54) is 20.3 Å². The zero-order chi connectivity index (χ0) is 29.3. The Labute approximate surface area is 238 Å². The van der Waals surface area contributed by atoms with Crippen LogP contribution in [0.2, 0.25) is 0 Å². The molecule has 218 valence electrons. The van der Waals surface area contributed by atoms with Crippen molar-refractivity contribution in [3.63, 3.8) is 0 Å². The minimum absolute atomic E-state index is 0.00779. The average Bonchev–Trinajstić information content (AvgIpc) is 2.94. The van der Waals surface area contributed by atoms with E-state index in [0.29, 0.717) is 48.4 Å². The normalized spacial score (nSPS) is 19.0. The van der Waals surface area contributed by atoms with Gasteiger partial charge in [-0.2, -0.15) is 0 Å². The van der Waals surface area contributed by atoms with Gasteiger partial charge in [0.05, 0.1) is 39.2 Å². The largest absolute Gasteiger partial charge is 0.502 e. The number of hydrogen-bond donors (Lipinski definition) is 1. The van der Waals surface area contributed by atoms with E-state index in [1.807, 2.05) is 24.5 Å². The van der Waals surface area contributed by atoms with Crippen molar-refractivity contribution < 1.29 is 28.5 Å². The summed E-state index contributed by atoms with van der Waals surface area (Å²) < 4.78 is 24.4. The quantitative estimate of drug-likeness (QED) is 0.389. The molecule has 2 aromatic heterocycles. The van der Waals surface area contributed by atoms with Crippen LogP contribution < -0.4 is 20.5 Å². The molecule has 10 heteroatoms. The number of ether oxygens (including phenoxy) is 3. The van der Waals surface area contributed by atoms with Gasteiger partial charge >= 0.3 is 5.97 Å². The number of pyridine rings is 1. The molecule has 0 radical (unpaired) electrons. The summed E-state index contributed by atoms with van der Waals surface area (Å²) >= 11 is 0. The molecule has 1 N–H and O–H groups in total. The molecule has 2 bridgehead atoms. The number of aromatic hydroxyl groups is 1. The van der Waals surface area contributed by atoms with Gasteiger partial charge in [-0.05, 0) is 49.9 Å². The molecule has 3 aromatic rings. The van der Waals surface area contributed by atoms with Crippen LogP contribution in [0.4, 0.5) is 0 Å². The van der Waals surface area contributed by atoms with E-state index in [4.69, 9.17) is 18.6 Å².